The van der Waals surface area contributed by atoms with E-state index in [1.807, 2.05) is 0 Å². The van der Waals surface area contributed by atoms with Gasteiger partial charge in [-0.3, -0.25) is 4.79 Å². The van der Waals surface area contributed by atoms with E-state index in [1.54, 1.807) is 0 Å². The van der Waals surface area contributed by atoms with Gasteiger partial charge in [0.25, 0.3) is 0 Å². The van der Waals surface area contributed by atoms with Crippen molar-refractivity contribution in [3.05, 3.63) is 0 Å². The Bertz CT molecular complexity index is 205. The van der Waals surface area contributed by atoms with Gasteiger partial charge in [-0.05, 0) is 25.2 Å². The van der Waals surface area contributed by atoms with Crippen LogP contribution in [0.25, 0.3) is 0 Å². The largest absolute Gasteiger partial charge is 0.462 e. The number of esters is 1. The number of hydrogen-bond acceptors (Lipinski definition) is 2. The van der Waals surface area contributed by atoms with Gasteiger partial charge >= 0.3 is 5.97 Å². The summed E-state index contributed by atoms with van der Waals surface area (Å²) in [7, 11) is 0. The highest BCUT2D eigenvalue weighted by Crippen LogP contribution is 2.48. The van der Waals surface area contributed by atoms with E-state index in [0.717, 1.165) is 12.8 Å². The molecule has 2 rings (SSSR count). The van der Waals surface area contributed by atoms with Crippen LogP contribution in [0.4, 0.5) is 0 Å². The molecule has 68 valence electrons. The quantitative estimate of drug-likeness (QED) is 0.465. The highest BCUT2D eigenvalue weighted by molar-refractivity contribution is 6.21. The Morgan fingerprint density at radius 3 is 2.67 bits per heavy atom. The summed E-state index contributed by atoms with van der Waals surface area (Å²) in [6.45, 7) is 1.47. The number of carbonyl (C=O) groups is 1. The predicted octanol–water partition coefficient (Wildman–Crippen LogP) is 1.96. The van der Waals surface area contributed by atoms with Gasteiger partial charge < -0.3 is 4.74 Å². The molecule has 0 spiro atoms. The smallest absolute Gasteiger partial charge is 0.302 e. The Labute approximate surface area is 77.2 Å². The summed E-state index contributed by atoms with van der Waals surface area (Å²) in [5, 5.41) is 0.244. The molecule has 0 radical (unpaired) electrons. The molecule has 0 aromatic rings. The lowest BCUT2D eigenvalue weighted by Gasteiger charge is -2.16. The zero-order valence-corrected chi connectivity index (χ0v) is 7.88. The van der Waals surface area contributed by atoms with Gasteiger partial charge in [0.05, 0.1) is 0 Å². The predicted molar refractivity (Wildman–Crippen MR) is 46.0 cm³/mol. The molecule has 2 nitrogen and oxygen atoms in total. The Morgan fingerprint density at radius 2 is 2.25 bits per heavy atom. The van der Waals surface area contributed by atoms with E-state index in [-0.39, 0.29) is 17.5 Å². The minimum atomic E-state index is -0.164. The number of halogens is 1. The average molecular weight is 189 g/mol. The monoisotopic (exact) mass is 188 g/mol. The molecule has 0 aliphatic heterocycles. The van der Waals surface area contributed by atoms with Gasteiger partial charge in [-0.15, -0.1) is 11.6 Å². The normalized spacial score (nSPS) is 44.8. The van der Waals surface area contributed by atoms with Crippen LogP contribution in [0.2, 0.25) is 0 Å². The van der Waals surface area contributed by atoms with E-state index in [2.05, 4.69) is 0 Å². The summed E-state index contributed by atoms with van der Waals surface area (Å²) in [6, 6.07) is 0. The molecule has 4 unspecified atom stereocenters. The van der Waals surface area contributed by atoms with Crippen molar-refractivity contribution < 1.29 is 9.53 Å². The fourth-order valence-corrected chi connectivity index (χ4v) is 3.06. The molecule has 0 amide bonds. The topological polar surface area (TPSA) is 26.3 Å². The van der Waals surface area contributed by atoms with E-state index < -0.39 is 0 Å². The van der Waals surface area contributed by atoms with E-state index in [1.165, 1.54) is 13.3 Å². The second kappa shape index (κ2) is 2.91. The van der Waals surface area contributed by atoms with E-state index in [0.29, 0.717) is 11.8 Å². The SMILES string of the molecule is CC(=O)OC1C2CCC1C(Cl)C2. The zero-order chi connectivity index (χ0) is 8.72. The number of carbonyl (C=O) groups excluding carboxylic acids is 1. The molecule has 2 bridgehead atoms. The van der Waals surface area contributed by atoms with Crippen LogP contribution in [-0.4, -0.2) is 17.5 Å². The third-order valence-corrected chi connectivity index (χ3v) is 3.55. The van der Waals surface area contributed by atoms with Crippen molar-refractivity contribution in [2.75, 3.05) is 0 Å². The van der Waals surface area contributed by atoms with Crippen LogP contribution >= 0.6 is 11.6 Å². The summed E-state index contributed by atoms with van der Waals surface area (Å²) in [6.07, 6.45) is 3.48. The lowest BCUT2D eigenvalue weighted by molar-refractivity contribution is -0.148. The third kappa shape index (κ3) is 1.22. The van der Waals surface area contributed by atoms with E-state index >= 15 is 0 Å². The summed E-state index contributed by atoms with van der Waals surface area (Å²) in [5.74, 6) is 0.810. The maximum Gasteiger partial charge on any atom is 0.302 e. The molecule has 2 aliphatic carbocycles. The number of fused-ring (bicyclic) bond motifs is 2. The molecule has 12 heavy (non-hydrogen) atoms. The zero-order valence-electron chi connectivity index (χ0n) is 7.13. The Morgan fingerprint density at radius 1 is 1.50 bits per heavy atom. The minimum Gasteiger partial charge on any atom is -0.462 e. The number of alkyl halides is 1. The summed E-state index contributed by atoms with van der Waals surface area (Å²) >= 11 is 6.10. The molecule has 4 atom stereocenters. The van der Waals surface area contributed by atoms with Crippen LogP contribution in [-0.2, 0) is 9.53 Å². The lowest BCUT2D eigenvalue weighted by Crippen LogP contribution is -2.22. The van der Waals surface area contributed by atoms with Gasteiger partial charge in [-0.2, -0.15) is 0 Å². The van der Waals surface area contributed by atoms with Crippen LogP contribution in [0.5, 0.6) is 0 Å². The molecular formula is C9H13ClO2. The van der Waals surface area contributed by atoms with Crippen LogP contribution in [0.1, 0.15) is 26.2 Å². The molecule has 0 aromatic carbocycles. The van der Waals surface area contributed by atoms with Crippen molar-refractivity contribution in [3.8, 4) is 0 Å². The molecule has 0 saturated heterocycles. The van der Waals surface area contributed by atoms with Crippen molar-refractivity contribution in [2.24, 2.45) is 11.8 Å². The molecule has 2 saturated carbocycles. The van der Waals surface area contributed by atoms with E-state index in [4.69, 9.17) is 16.3 Å². The van der Waals surface area contributed by atoms with Gasteiger partial charge in [0.1, 0.15) is 6.10 Å². The average Bonchev–Trinajstić information content (AvgIpc) is 2.44. The molecule has 3 heteroatoms. The fourth-order valence-electron chi connectivity index (χ4n) is 2.56. The maximum atomic E-state index is 10.8. The lowest BCUT2D eigenvalue weighted by atomic mass is 10.0. The van der Waals surface area contributed by atoms with Crippen molar-refractivity contribution in [2.45, 2.75) is 37.7 Å². The van der Waals surface area contributed by atoms with Gasteiger partial charge in [0.2, 0.25) is 0 Å². The van der Waals surface area contributed by atoms with E-state index in [9.17, 15) is 4.79 Å². The van der Waals surface area contributed by atoms with Gasteiger partial charge in [0.15, 0.2) is 0 Å². The molecule has 2 fully saturated rings. The van der Waals surface area contributed by atoms with Gasteiger partial charge in [0, 0.05) is 18.2 Å². The van der Waals surface area contributed by atoms with Crippen molar-refractivity contribution in [1.29, 1.82) is 0 Å². The van der Waals surface area contributed by atoms with Crippen LogP contribution < -0.4 is 0 Å². The summed E-state index contributed by atoms with van der Waals surface area (Å²) in [4.78, 5) is 10.8. The highest BCUT2D eigenvalue weighted by Gasteiger charge is 2.49. The van der Waals surface area contributed by atoms with Crippen LogP contribution in [0.15, 0.2) is 0 Å². The van der Waals surface area contributed by atoms with Crippen LogP contribution in [0.3, 0.4) is 0 Å². The third-order valence-electron chi connectivity index (χ3n) is 3.05. The van der Waals surface area contributed by atoms with Gasteiger partial charge in [-0.25, -0.2) is 0 Å². The first-order chi connectivity index (χ1) is 5.68. The molecular weight excluding hydrogens is 176 g/mol. The second-order valence-electron chi connectivity index (χ2n) is 3.83. The Hall–Kier alpha value is -0.240. The number of rotatable bonds is 1. The summed E-state index contributed by atoms with van der Waals surface area (Å²) in [5.41, 5.74) is 0. The molecule has 0 heterocycles. The highest BCUT2D eigenvalue weighted by atomic mass is 35.5. The molecule has 0 aromatic heterocycles. The standard InChI is InChI=1S/C9H13ClO2/c1-5(11)12-9-6-2-3-7(9)8(10)4-6/h6-9H,2-4H2,1H3. The molecule has 2 aliphatic rings. The fraction of sp³-hybridized carbons (Fsp3) is 0.889. The van der Waals surface area contributed by atoms with Crippen molar-refractivity contribution in [3.63, 3.8) is 0 Å². The first kappa shape index (κ1) is 8.36. The summed E-state index contributed by atoms with van der Waals surface area (Å²) < 4.78 is 5.25. The number of ether oxygens (including phenoxy) is 1. The first-order valence-corrected chi connectivity index (χ1v) is 4.93. The maximum absolute atomic E-state index is 10.8. The first-order valence-electron chi connectivity index (χ1n) is 4.50. The van der Waals surface area contributed by atoms with Crippen LogP contribution in [0, 0.1) is 11.8 Å². The van der Waals surface area contributed by atoms with Gasteiger partial charge in [-0.1, -0.05) is 0 Å². The Balaban J connectivity index is 2.03. The molecule has 0 N–H and O–H groups in total. The van der Waals surface area contributed by atoms with Crippen molar-refractivity contribution in [1.82, 2.24) is 0 Å². The second-order valence-corrected chi connectivity index (χ2v) is 4.39. The Kier molecular flexibility index (Phi) is 2.03. The minimum absolute atomic E-state index is 0.130. The van der Waals surface area contributed by atoms with Crippen molar-refractivity contribution >= 4 is 17.6 Å². The number of hydrogen-bond donors (Lipinski definition) is 0.